The Morgan fingerprint density at radius 1 is 1.00 bits per heavy atom. The number of nitrogens with one attached hydrogen (secondary N) is 2. The fourth-order valence-corrected chi connectivity index (χ4v) is 4.44. The highest BCUT2D eigenvalue weighted by Gasteiger charge is 2.13. The summed E-state index contributed by atoms with van der Waals surface area (Å²) in [6.07, 6.45) is 1.72. The fraction of sp³-hybridized carbons (Fsp3) is 0.107. The van der Waals surface area contributed by atoms with Crippen LogP contribution >= 0.6 is 27.5 Å². The number of fused-ring (bicyclic) bond motifs is 1. The van der Waals surface area contributed by atoms with Crippen LogP contribution in [0.15, 0.2) is 89.5 Å². The molecule has 9 heteroatoms. The van der Waals surface area contributed by atoms with Gasteiger partial charge in [-0.25, -0.2) is 4.98 Å². The highest BCUT2D eigenvalue weighted by atomic mass is 79.9. The van der Waals surface area contributed by atoms with Crippen molar-refractivity contribution >= 4 is 44.9 Å². The molecule has 0 fully saturated rings. The molecule has 2 N–H and O–H groups in total. The highest BCUT2D eigenvalue weighted by molar-refractivity contribution is 9.10. The average Bonchev–Trinajstić information content (AvgIpc) is 3.31. The second-order valence-electron chi connectivity index (χ2n) is 8.32. The molecule has 1 amide bonds. The van der Waals surface area contributed by atoms with Crippen LogP contribution in [0, 0.1) is 0 Å². The maximum absolute atomic E-state index is 12.4. The van der Waals surface area contributed by atoms with E-state index in [1.165, 1.54) is 0 Å². The minimum absolute atomic E-state index is 0.130. The van der Waals surface area contributed by atoms with Gasteiger partial charge in [-0.1, -0.05) is 54.1 Å². The van der Waals surface area contributed by atoms with Gasteiger partial charge in [0.15, 0.2) is 5.65 Å². The summed E-state index contributed by atoms with van der Waals surface area (Å²) in [4.78, 5) is 17.2. The molecule has 0 unspecified atom stereocenters. The molecule has 2 aromatic heterocycles. The second-order valence-corrected chi connectivity index (χ2v) is 9.58. The van der Waals surface area contributed by atoms with E-state index >= 15 is 0 Å². The number of carbonyl (C=O) groups is 1. The van der Waals surface area contributed by atoms with E-state index in [1.807, 2.05) is 54.6 Å². The quantitative estimate of drug-likeness (QED) is 0.225. The molecule has 0 saturated heterocycles. The van der Waals surface area contributed by atoms with Gasteiger partial charge in [0.1, 0.15) is 11.6 Å². The summed E-state index contributed by atoms with van der Waals surface area (Å²) in [5, 5.41) is 11.5. The van der Waals surface area contributed by atoms with Gasteiger partial charge in [-0.15, -0.1) is 0 Å². The molecule has 0 aliphatic carbocycles. The van der Waals surface area contributed by atoms with Crippen molar-refractivity contribution in [3.8, 4) is 17.0 Å². The summed E-state index contributed by atoms with van der Waals surface area (Å²) in [5.74, 6) is 1.38. The number of nitrogens with zero attached hydrogens (tertiary/aromatic N) is 3. The third-order valence-corrected chi connectivity index (χ3v) is 6.77. The van der Waals surface area contributed by atoms with Crippen molar-refractivity contribution in [1.82, 2.24) is 19.9 Å². The normalized spacial score (nSPS) is 10.9. The second kappa shape index (κ2) is 11.0. The number of hydrogen-bond donors (Lipinski definition) is 2. The zero-order valence-corrected chi connectivity index (χ0v) is 22.3. The Labute approximate surface area is 227 Å². The van der Waals surface area contributed by atoms with Crippen LogP contribution in [0.25, 0.3) is 16.9 Å². The Balaban J connectivity index is 1.26. The van der Waals surface area contributed by atoms with Crippen molar-refractivity contribution in [3.05, 3.63) is 111 Å². The van der Waals surface area contributed by atoms with Gasteiger partial charge in [0, 0.05) is 35.3 Å². The summed E-state index contributed by atoms with van der Waals surface area (Å²) in [7, 11) is 1.60. The van der Waals surface area contributed by atoms with E-state index in [0.717, 1.165) is 32.7 Å². The van der Waals surface area contributed by atoms with Crippen molar-refractivity contribution in [3.63, 3.8) is 0 Å². The van der Waals surface area contributed by atoms with E-state index in [1.54, 1.807) is 42.1 Å². The van der Waals surface area contributed by atoms with E-state index in [2.05, 4.69) is 31.7 Å². The zero-order valence-electron chi connectivity index (χ0n) is 19.9. The van der Waals surface area contributed by atoms with Crippen molar-refractivity contribution < 1.29 is 9.53 Å². The van der Waals surface area contributed by atoms with Crippen LogP contribution in [0.5, 0.6) is 5.75 Å². The number of halogens is 2. The lowest BCUT2D eigenvalue weighted by Crippen LogP contribution is -2.22. The first-order valence-electron chi connectivity index (χ1n) is 11.5. The minimum Gasteiger partial charge on any atom is -0.497 e. The molecule has 0 bridgehead atoms. The van der Waals surface area contributed by atoms with Gasteiger partial charge in [-0.05, 0) is 57.4 Å². The predicted octanol–water partition coefficient (Wildman–Crippen LogP) is 6.36. The molecule has 7 nitrogen and oxygen atoms in total. The van der Waals surface area contributed by atoms with Gasteiger partial charge >= 0.3 is 0 Å². The molecule has 0 spiro atoms. The first-order valence-corrected chi connectivity index (χ1v) is 12.7. The topological polar surface area (TPSA) is 80.5 Å². The van der Waals surface area contributed by atoms with E-state index in [-0.39, 0.29) is 5.91 Å². The van der Waals surface area contributed by atoms with Crippen molar-refractivity contribution in [2.45, 2.75) is 13.1 Å². The molecule has 5 rings (SSSR count). The van der Waals surface area contributed by atoms with Gasteiger partial charge in [-0.3, -0.25) is 4.79 Å². The third-order valence-electron chi connectivity index (χ3n) is 5.88. The first kappa shape index (κ1) is 24.8. The molecular formula is C28H23BrClN5O2. The number of methoxy groups -OCH3 is 1. The lowest BCUT2D eigenvalue weighted by molar-refractivity contribution is 0.0951. The largest absolute Gasteiger partial charge is 0.497 e. The van der Waals surface area contributed by atoms with Crippen LogP contribution in [-0.2, 0) is 13.1 Å². The van der Waals surface area contributed by atoms with Gasteiger partial charge < -0.3 is 15.4 Å². The van der Waals surface area contributed by atoms with Crippen molar-refractivity contribution in [2.75, 3.05) is 12.4 Å². The molecule has 37 heavy (non-hydrogen) atoms. The van der Waals surface area contributed by atoms with Crippen LogP contribution in [0.3, 0.4) is 0 Å². The van der Waals surface area contributed by atoms with Crippen LogP contribution in [0.1, 0.15) is 21.5 Å². The summed E-state index contributed by atoms with van der Waals surface area (Å²) in [5.41, 5.74) is 4.98. The number of amides is 1. The SMILES string of the molecule is COc1ccc(C(=O)NCc2ccc(CNc3cc(-c4ccccc4Cl)nc4c(Br)cnn34)cc2)cc1. The third kappa shape index (κ3) is 5.60. The molecule has 0 radical (unpaired) electrons. The lowest BCUT2D eigenvalue weighted by Gasteiger charge is -2.12. The number of hydrogen-bond acceptors (Lipinski definition) is 5. The monoisotopic (exact) mass is 575 g/mol. The summed E-state index contributed by atoms with van der Waals surface area (Å²) in [6.45, 7) is 1.02. The number of ether oxygens (including phenoxy) is 1. The predicted molar refractivity (Wildman–Crippen MR) is 149 cm³/mol. The van der Waals surface area contributed by atoms with Gasteiger partial charge in [0.05, 0.1) is 23.5 Å². The first-order chi connectivity index (χ1) is 18.0. The van der Waals surface area contributed by atoms with Crippen molar-refractivity contribution in [1.29, 1.82) is 0 Å². The van der Waals surface area contributed by atoms with E-state index < -0.39 is 0 Å². The maximum Gasteiger partial charge on any atom is 0.251 e. The Morgan fingerprint density at radius 3 is 2.41 bits per heavy atom. The van der Waals surface area contributed by atoms with Gasteiger partial charge in [0.25, 0.3) is 5.91 Å². The Bertz CT molecular complexity index is 1550. The van der Waals surface area contributed by atoms with E-state index in [0.29, 0.717) is 35.1 Å². The van der Waals surface area contributed by atoms with Crippen LogP contribution in [-0.4, -0.2) is 27.6 Å². The Morgan fingerprint density at radius 2 is 1.70 bits per heavy atom. The summed E-state index contributed by atoms with van der Waals surface area (Å²) < 4.78 is 7.69. The number of carbonyl (C=O) groups excluding carboxylic acids is 1. The molecule has 0 aliphatic heterocycles. The highest BCUT2D eigenvalue weighted by Crippen LogP contribution is 2.30. The standard InChI is InChI=1S/C28H23BrClN5O2/c1-37-21-12-10-20(11-13-21)28(36)32-16-19-8-6-18(7-9-19)15-31-26-14-25(22-4-2-3-5-24(22)30)34-27-23(29)17-33-35(26)27/h2-14,17,31H,15-16H2,1H3,(H,32,36). The Kier molecular flexibility index (Phi) is 7.39. The van der Waals surface area contributed by atoms with Crippen LogP contribution in [0.4, 0.5) is 5.82 Å². The average molecular weight is 577 g/mol. The van der Waals surface area contributed by atoms with Crippen LogP contribution < -0.4 is 15.4 Å². The Hall–Kier alpha value is -3.88. The molecular weight excluding hydrogens is 554 g/mol. The van der Waals surface area contributed by atoms with Crippen LogP contribution in [0.2, 0.25) is 5.02 Å². The smallest absolute Gasteiger partial charge is 0.251 e. The zero-order chi connectivity index (χ0) is 25.8. The summed E-state index contributed by atoms with van der Waals surface area (Å²) in [6, 6.07) is 24.7. The molecule has 0 aliphatic rings. The molecule has 2 heterocycles. The van der Waals surface area contributed by atoms with E-state index in [4.69, 9.17) is 21.3 Å². The van der Waals surface area contributed by atoms with Crippen molar-refractivity contribution in [2.24, 2.45) is 0 Å². The minimum atomic E-state index is -0.130. The molecule has 0 atom stereocenters. The maximum atomic E-state index is 12.4. The van der Waals surface area contributed by atoms with Gasteiger partial charge in [0.2, 0.25) is 0 Å². The fourth-order valence-electron chi connectivity index (χ4n) is 3.86. The molecule has 186 valence electrons. The lowest BCUT2D eigenvalue weighted by atomic mass is 10.1. The number of rotatable bonds is 8. The van der Waals surface area contributed by atoms with E-state index in [9.17, 15) is 4.79 Å². The molecule has 0 saturated carbocycles. The number of anilines is 1. The molecule has 3 aromatic carbocycles. The number of benzene rings is 3. The molecule has 5 aromatic rings. The summed E-state index contributed by atoms with van der Waals surface area (Å²) >= 11 is 9.96. The van der Waals surface area contributed by atoms with Gasteiger partial charge in [-0.2, -0.15) is 9.61 Å². The number of aromatic nitrogens is 3.